The van der Waals surface area contributed by atoms with Crippen molar-refractivity contribution in [2.75, 3.05) is 11.9 Å². The number of aryl methyl sites for hydroxylation is 2. The van der Waals surface area contributed by atoms with Gasteiger partial charge >= 0.3 is 0 Å². The molecule has 0 unspecified atom stereocenters. The summed E-state index contributed by atoms with van der Waals surface area (Å²) in [5.74, 6) is 0.511. The van der Waals surface area contributed by atoms with Crippen molar-refractivity contribution in [1.29, 1.82) is 0 Å². The van der Waals surface area contributed by atoms with Gasteiger partial charge in [-0.2, -0.15) is 0 Å². The Morgan fingerprint density at radius 3 is 2.67 bits per heavy atom. The zero-order valence-electron chi connectivity index (χ0n) is 12.3. The molecule has 0 saturated heterocycles. The number of nitrogens with one attached hydrogen (secondary N) is 1. The third kappa shape index (κ3) is 3.72. The SMILES string of the molecule is CCOc1ccc(NCc2cc(C)sc2C)c([N+](=O)[O-])c1. The third-order valence-corrected chi connectivity index (χ3v) is 4.10. The van der Waals surface area contributed by atoms with Gasteiger partial charge in [-0.1, -0.05) is 0 Å². The lowest BCUT2D eigenvalue weighted by molar-refractivity contribution is -0.384. The quantitative estimate of drug-likeness (QED) is 0.639. The van der Waals surface area contributed by atoms with E-state index < -0.39 is 4.92 Å². The highest BCUT2D eigenvalue weighted by Gasteiger charge is 2.15. The molecule has 0 fully saturated rings. The van der Waals surface area contributed by atoms with Crippen LogP contribution in [0.3, 0.4) is 0 Å². The van der Waals surface area contributed by atoms with Gasteiger partial charge in [-0.3, -0.25) is 10.1 Å². The standard InChI is InChI=1S/C15H18N2O3S/c1-4-20-13-5-6-14(15(8-13)17(18)19)16-9-12-7-10(2)21-11(12)3/h5-8,16H,4,9H2,1-3H3. The summed E-state index contributed by atoms with van der Waals surface area (Å²) in [6.07, 6.45) is 0. The van der Waals surface area contributed by atoms with Gasteiger partial charge in [0, 0.05) is 16.3 Å². The lowest BCUT2D eigenvalue weighted by Gasteiger charge is -2.09. The molecular weight excluding hydrogens is 288 g/mol. The molecule has 0 saturated carbocycles. The molecule has 1 aromatic heterocycles. The second kappa shape index (κ2) is 6.58. The molecule has 112 valence electrons. The van der Waals surface area contributed by atoms with Crippen LogP contribution in [0.2, 0.25) is 0 Å². The van der Waals surface area contributed by atoms with Crippen molar-refractivity contribution in [3.8, 4) is 5.75 Å². The van der Waals surface area contributed by atoms with E-state index in [1.807, 2.05) is 6.92 Å². The molecule has 5 nitrogen and oxygen atoms in total. The first kappa shape index (κ1) is 15.3. The number of rotatable bonds is 6. The number of nitro groups is 1. The molecule has 1 heterocycles. The van der Waals surface area contributed by atoms with Crippen molar-refractivity contribution in [2.24, 2.45) is 0 Å². The molecule has 0 aliphatic carbocycles. The first-order chi connectivity index (χ1) is 10.0. The predicted molar refractivity (Wildman–Crippen MR) is 85.4 cm³/mol. The van der Waals surface area contributed by atoms with Crippen LogP contribution in [0.5, 0.6) is 5.75 Å². The van der Waals surface area contributed by atoms with Crippen LogP contribution < -0.4 is 10.1 Å². The van der Waals surface area contributed by atoms with Crippen molar-refractivity contribution in [3.63, 3.8) is 0 Å². The van der Waals surface area contributed by atoms with E-state index in [2.05, 4.69) is 25.2 Å². The molecule has 0 aliphatic heterocycles. The molecule has 0 bridgehead atoms. The van der Waals surface area contributed by atoms with Gasteiger partial charge in [-0.25, -0.2) is 0 Å². The fourth-order valence-corrected chi connectivity index (χ4v) is 3.06. The summed E-state index contributed by atoms with van der Waals surface area (Å²) < 4.78 is 5.31. The van der Waals surface area contributed by atoms with E-state index in [0.29, 0.717) is 24.6 Å². The number of anilines is 1. The Balaban J connectivity index is 2.19. The third-order valence-electron chi connectivity index (χ3n) is 3.09. The largest absolute Gasteiger partial charge is 0.494 e. The van der Waals surface area contributed by atoms with Crippen molar-refractivity contribution in [3.05, 3.63) is 49.7 Å². The molecule has 0 aliphatic rings. The number of nitro benzene ring substituents is 1. The number of nitrogens with zero attached hydrogens (tertiary/aromatic N) is 1. The van der Waals surface area contributed by atoms with E-state index in [9.17, 15) is 10.1 Å². The van der Waals surface area contributed by atoms with Gasteiger partial charge in [0.2, 0.25) is 0 Å². The fraction of sp³-hybridized carbons (Fsp3) is 0.333. The minimum absolute atomic E-state index is 0.0329. The lowest BCUT2D eigenvalue weighted by Crippen LogP contribution is -2.03. The van der Waals surface area contributed by atoms with E-state index in [4.69, 9.17) is 4.74 Å². The molecule has 2 aromatic rings. The Morgan fingerprint density at radius 2 is 2.10 bits per heavy atom. The second-order valence-corrected chi connectivity index (χ2v) is 6.12. The van der Waals surface area contributed by atoms with E-state index in [1.165, 1.54) is 21.4 Å². The Labute approximate surface area is 127 Å². The van der Waals surface area contributed by atoms with Gasteiger partial charge in [0.05, 0.1) is 17.6 Å². The maximum atomic E-state index is 11.2. The molecule has 0 atom stereocenters. The summed E-state index contributed by atoms with van der Waals surface area (Å²) in [5.41, 5.74) is 1.71. The molecule has 21 heavy (non-hydrogen) atoms. The molecule has 6 heteroatoms. The van der Waals surface area contributed by atoms with Crippen molar-refractivity contribution in [1.82, 2.24) is 0 Å². The number of thiophene rings is 1. The fourth-order valence-electron chi connectivity index (χ4n) is 2.12. The minimum Gasteiger partial charge on any atom is -0.494 e. The predicted octanol–water partition coefficient (Wildman–Crippen LogP) is 4.28. The van der Waals surface area contributed by atoms with Crippen molar-refractivity contribution < 1.29 is 9.66 Å². The van der Waals surface area contributed by atoms with Gasteiger partial charge in [0.25, 0.3) is 5.69 Å². The highest BCUT2D eigenvalue weighted by Crippen LogP contribution is 2.30. The van der Waals surface area contributed by atoms with Crippen LogP contribution in [-0.4, -0.2) is 11.5 Å². The summed E-state index contributed by atoms with van der Waals surface area (Å²) in [7, 11) is 0. The zero-order chi connectivity index (χ0) is 15.4. The summed E-state index contributed by atoms with van der Waals surface area (Å²) in [6, 6.07) is 6.99. The number of benzene rings is 1. The first-order valence-electron chi connectivity index (χ1n) is 6.72. The van der Waals surface area contributed by atoms with Crippen LogP contribution in [0.1, 0.15) is 22.2 Å². The van der Waals surface area contributed by atoms with Crippen molar-refractivity contribution in [2.45, 2.75) is 27.3 Å². The van der Waals surface area contributed by atoms with Crippen LogP contribution in [0, 0.1) is 24.0 Å². The molecule has 1 N–H and O–H groups in total. The van der Waals surface area contributed by atoms with Crippen LogP contribution in [0.15, 0.2) is 24.3 Å². The summed E-state index contributed by atoms with van der Waals surface area (Å²) in [5, 5.41) is 14.3. The van der Waals surface area contributed by atoms with Crippen LogP contribution in [-0.2, 0) is 6.54 Å². The summed E-state index contributed by atoms with van der Waals surface area (Å²) in [4.78, 5) is 13.3. The van der Waals surface area contributed by atoms with Gasteiger partial charge in [0.15, 0.2) is 0 Å². The van der Waals surface area contributed by atoms with Gasteiger partial charge in [0.1, 0.15) is 11.4 Å². The topological polar surface area (TPSA) is 64.4 Å². The second-order valence-electron chi connectivity index (χ2n) is 4.66. The Bertz CT molecular complexity index is 652. The highest BCUT2D eigenvalue weighted by molar-refractivity contribution is 7.12. The van der Waals surface area contributed by atoms with Gasteiger partial charge in [-0.15, -0.1) is 11.3 Å². The van der Waals surface area contributed by atoms with Crippen LogP contribution in [0.4, 0.5) is 11.4 Å². The molecule has 0 amide bonds. The average Bonchev–Trinajstić information content (AvgIpc) is 2.75. The van der Waals surface area contributed by atoms with E-state index in [1.54, 1.807) is 23.5 Å². The maximum absolute atomic E-state index is 11.2. The number of ether oxygens (including phenoxy) is 1. The van der Waals surface area contributed by atoms with Crippen molar-refractivity contribution >= 4 is 22.7 Å². The molecule has 0 spiro atoms. The smallest absolute Gasteiger partial charge is 0.296 e. The van der Waals surface area contributed by atoms with Gasteiger partial charge < -0.3 is 10.1 Å². The van der Waals surface area contributed by atoms with E-state index in [-0.39, 0.29) is 5.69 Å². The highest BCUT2D eigenvalue weighted by atomic mass is 32.1. The minimum atomic E-state index is -0.392. The van der Waals surface area contributed by atoms with Gasteiger partial charge in [-0.05, 0) is 44.5 Å². The summed E-state index contributed by atoms with van der Waals surface area (Å²) in [6.45, 7) is 7.02. The molecule has 0 radical (unpaired) electrons. The molecular formula is C15H18N2O3S. The number of hydrogen-bond acceptors (Lipinski definition) is 5. The van der Waals surface area contributed by atoms with E-state index >= 15 is 0 Å². The van der Waals surface area contributed by atoms with E-state index in [0.717, 1.165) is 0 Å². The summed E-state index contributed by atoms with van der Waals surface area (Å²) >= 11 is 1.73. The van der Waals surface area contributed by atoms with Crippen LogP contribution in [0.25, 0.3) is 0 Å². The average molecular weight is 306 g/mol. The Kier molecular flexibility index (Phi) is 4.80. The monoisotopic (exact) mass is 306 g/mol. The number of hydrogen-bond donors (Lipinski definition) is 1. The maximum Gasteiger partial charge on any atom is 0.296 e. The normalized spacial score (nSPS) is 10.4. The van der Waals surface area contributed by atoms with Crippen LogP contribution >= 0.6 is 11.3 Å². The zero-order valence-corrected chi connectivity index (χ0v) is 13.1. The Hall–Kier alpha value is -2.08. The molecule has 1 aromatic carbocycles. The first-order valence-corrected chi connectivity index (χ1v) is 7.54. The molecule has 2 rings (SSSR count). The Morgan fingerprint density at radius 1 is 1.33 bits per heavy atom. The lowest BCUT2D eigenvalue weighted by atomic mass is 10.2.